The fraction of sp³-hybridized carbons (Fsp3) is 0.833. The Morgan fingerprint density at radius 1 is 1.44 bits per heavy atom. The molecule has 0 aromatic heterocycles. The van der Waals surface area contributed by atoms with E-state index in [1.54, 1.807) is 0 Å². The molecule has 102 valence electrons. The molecule has 3 unspecified atom stereocenters. The van der Waals surface area contributed by atoms with Crippen LogP contribution in [-0.4, -0.2) is 53.8 Å². The summed E-state index contributed by atoms with van der Waals surface area (Å²) in [6.07, 6.45) is 2.81. The van der Waals surface area contributed by atoms with Gasteiger partial charge < -0.3 is 20.1 Å². The molecular weight excluding hydrogens is 236 g/mol. The van der Waals surface area contributed by atoms with Crippen LogP contribution in [0.3, 0.4) is 0 Å². The van der Waals surface area contributed by atoms with Crippen molar-refractivity contribution in [2.24, 2.45) is 5.92 Å². The average molecular weight is 256 g/mol. The number of carboxylic acid groups (broad SMARTS) is 1. The Kier molecular flexibility index (Phi) is 4.06. The molecule has 3 atom stereocenters. The third kappa shape index (κ3) is 2.75. The highest BCUT2D eigenvalue weighted by molar-refractivity contribution is 5.83. The highest BCUT2D eigenvalue weighted by Crippen LogP contribution is 2.24. The molecule has 0 aromatic rings. The first-order chi connectivity index (χ1) is 8.59. The van der Waals surface area contributed by atoms with Crippen molar-refractivity contribution in [1.82, 2.24) is 10.2 Å². The summed E-state index contributed by atoms with van der Waals surface area (Å²) in [7, 11) is 0. The van der Waals surface area contributed by atoms with Crippen molar-refractivity contribution in [2.75, 3.05) is 19.7 Å². The molecule has 0 bridgehead atoms. The minimum atomic E-state index is -0.924. The van der Waals surface area contributed by atoms with Gasteiger partial charge in [-0.1, -0.05) is 6.92 Å². The van der Waals surface area contributed by atoms with Crippen LogP contribution in [0.25, 0.3) is 0 Å². The van der Waals surface area contributed by atoms with E-state index >= 15 is 0 Å². The van der Waals surface area contributed by atoms with E-state index in [2.05, 4.69) is 5.32 Å². The molecule has 2 fully saturated rings. The quantitative estimate of drug-likeness (QED) is 0.778. The number of carbonyl (C=O) groups excluding carboxylic acids is 1. The van der Waals surface area contributed by atoms with Crippen LogP contribution in [0.1, 0.15) is 26.2 Å². The summed E-state index contributed by atoms with van der Waals surface area (Å²) in [5, 5.41) is 11.9. The lowest BCUT2D eigenvalue weighted by atomic mass is 10.0. The number of nitrogens with one attached hydrogen (secondary N) is 1. The number of hydrogen-bond donors (Lipinski definition) is 2. The summed E-state index contributed by atoms with van der Waals surface area (Å²) in [5.41, 5.74) is 0. The van der Waals surface area contributed by atoms with Gasteiger partial charge in [-0.3, -0.25) is 0 Å². The molecular formula is C12H20N2O4. The van der Waals surface area contributed by atoms with E-state index in [1.165, 1.54) is 4.90 Å². The summed E-state index contributed by atoms with van der Waals surface area (Å²) in [4.78, 5) is 24.5. The molecule has 0 aliphatic carbocycles. The van der Waals surface area contributed by atoms with Gasteiger partial charge in [0.25, 0.3) is 0 Å². The van der Waals surface area contributed by atoms with Crippen LogP contribution in [-0.2, 0) is 9.53 Å². The molecule has 2 rings (SSSR count). The zero-order valence-electron chi connectivity index (χ0n) is 10.6. The van der Waals surface area contributed by atoms with E-state index in [-0.39, 0.29) is 18.1 Å². The lowest BCUT2D eigenvalue weighted by Gasteiger charge is -2.24. The smallest absolute Gasteiger partial charge is 0.326 e. The third-order valence-electron chi connectivity index (χ3n) is 3.72. The van der Waals surface area contributed by atoms with Gasteiger partial charge >= 0.3 is 12.0 Å². The predicted octanol–water partition coefficient (Wildman–Crippen LogP) is 0.670. The van der Waals surface area contributed by atoms with Crippen molar-refractivity contribution in [2.45, 2.75) is 38.3 Å². The normalized spacial score (nSPS) is 31.6. The van der Waals surface area contributed by atoms with Crippen LogP contribution in [0, 0.1) is 5.92 Å². The maximum atomic E-state index is 12.0. The van der Waals surface area contributed by atoms with Gasteiger partial charge in [-0.25, -0.2) is 9.59 Å². The topological polar surface area (TPSA) is 78.9 Å². The number of urea groups is 1. The summed E-state index contributed by atoms with van der Waals surface area (Å²) < 4.78 is 5.41. The molecule has 6 nitrogen and oxygen atoms in total. The Morgan fingerprint density at radius 3 is 2.83 bits per heavy atom. The van der Waals surface area contributed by atoms with Crippen LogP contribution in [0.15, 0.2) is 0 Å². The minimum Gasteiger partial charge on any atom is -0.480 e. The Bertz CT molecular complexity index is 328. The molecule has 6 heteroatoms. The molecule has 0 aromatic carbocycles. The SMILES string of the molecule is CC1CCN(C(=O)NCC2CCCO2)C1C(=O)O. The van der Waals surface area contributed by atoms with E-state index in [0.717, 1.165) is 25.9 Å². The van der Waals surface area contributed by atoms with Gasteiger partial charge in [0.2, 0.25) is 0 Å². The van der Waals surface area contributed by atoms with Gasteiger partial charge in [0.1, 0.15) is 6.04 Å². The number of carbonyl (C=O) groups is 2. The third-order valence-corrected chi connectivity index (χ3v) is 3.72. The molecule has 2 aliphatic rings. The first-order valence-corrected chi connectivity index (χ1v) is 6.48. The summed E-state index contributed by atoms with van der Waals surface area (Å²) in [6.45, 7) is 3.59. The Balaban J connectivity index is 1.85. The van der Waals surface area contributed by atoms with Crippen molar-refractivity contribution in [3.8, 4) is 0 Å². The standard InChI is InChI=1S/C12H20N2O4/c1-8-4-5-14(10(8)11(15)16)12(17)13-7-9-3-2-6-18-9/h8-10H,2-7H2,1H3,(H,13,17)(H,15,16). The molecule has 0 spiro atoms. The number of carboxylic acids is 1. The van der Waals surface area contributed by atoms with E-state index < -0.39 is 12.0 Å². The second-order valence-electron chi connectivity index (χ2n) is 5.06. The second kappa shape index (κ2) is 5.56. The first kappa shape index (κ1) is 13.1. The minimum absolute atomic E-state index is 0.0102. The highest BCUT2D eigenvalue weighted by atomic mass is 16.5. The Labute approximate surface area is 106 Å². The number of amides is 2. The number of likely N-dealkylation sites (tertiary alicyclic amines) is 1. The number of aliphatic carboxylic acids is 1. The van der Waals surface area contributed by atoms with Crippen LogP contribution in [0.2, 0.25) is 0 Å². The average Bonchev–Trinajstić information content (AvgIpc) is 2.94. The first-order valence-electron chi connectivity index (χ1n) is 6.48. The van der Waals surface area contributed by atoms with Gasteiger partial charge in [0.05, 0.1) is 6.10 Å². The van der Waals surface area contributed by atoms with Gasteiger partial charge in [-0.2, -0.15) is 0 Å². The van der Waals surface area contributed by atoms with Crippen LogP contribution >= 0.6 is 0 Å². The maximum absolute atomic E-state index is 12.0. The molecule has 18 heavy (non-hydrogen) atoms. The fourth-order valence-corrected chi connectivity index (χ4v) is 2.66. The lowest BCUT2D eigenvalue weighted by Crippen LogP contribution is -2.48. The van der Waals surface area contributed by atoms with Crippen molar-refractivity contribution < 1.29 is 19.4 Å². The summed E-state index contributed by atoms with van der Waals surface area (Å²) in [6, 6.07) is -0.989. The summed E-state index contributed by atoms with van der Waals surface area (Å²) in [5.74, 6) is -0.914. The molecule has 0 radical (unpaired) electrons. The number of nitrogens with zero attached hydrogens (tertiary/aromatic N) is 1. The maximum Gasteiger partial charge on any atom is 0.326 e. The molecule has 2 aliphatic heterocycles. The Hall–Kier alpha value is -1.30. The van der Waals surface area contributed by atoms with Crippen molar-refractivity contribution in [3.05, 3.63) is 0 Å². The van der Waals surface area contributed by atoms with Gasteiger partial charge in [0, 0.05) is 19.7 Å². The number of hydrogen-bond acceptors (Lipinski definition) is 3. The van der Waals surface area contributed by atoms with E-state index in [1.807, 2.05) is 6.92 Å². The zero-order valence-corrected chi connectivity index (χ0v) is 10.6. The lowest BCUT2D eigenvalue weighted by molar-refractivity contribution is -0.142. The fourth-order valence-electron chi connectivity index (χ4n) is 2.66. The zero-order chi connectivity index (χ0) is 13.1. The molecule has 2 heterocycles. The largest absolute Gasteiger partial charge is 0.480 e. The molecule has 2 amide bonds. The predicted molar refractivity (Wildman–Crippen MR) is 64.3 cm³/mol. The number of rotatable bonds is 3. The van der Waals surface area contributed by atoms with Crippen LogP contribution in [0.5, 0.6) is 0 Å². The van der Waals surface area contributed by atoms with E-state index in [4.69, 9.17) is 9.84 Å². The highest BCUT2D eigenvalue weighted by Gasteiger charge is 2.39. The van der Waals surface area contributed by atoms with Gasteiger partial charge in [-0.05, 0) is 25.2 Å². The van der Waals surface area contributed by atoms with Crippen LogP contribution in [0.4, 0.5) is 4.79 Å². The summed E-state index contributed by atoms with van der Waals surface area (Å²) >= 11 is 0. The van der Waals surface area contributed by atoms with Crippen molar-refractivity contribution >= 4 is 12.0 Å². The van der Waals surface area contributed by atoms with Gasteiger partial charge in [0.15, 0.2) is 0 Å². The molecule has 2 saturated heterocycles. The van der Waals surface area contributed by atoms with E-state index in [9.17, 15) is 9.59 Å². The van der Waals surface area contributed by atoms with E-state index in [0.29, 0.717) is 13.1 Å². The second-order valence-corrected chi connectivity index (χ2v) is 5.06. The van der Waals surface area contributed by atoms with Crippen LogP contribution < -0.4 is 5.32 Å². The van der Waals surface area contributed by atoms with Crippen molar-refractivity contribution in [3.63, 3.8) is 0 Å². The monoisotopic (exact) mass is 256 g/mol. The number of ether oxygens (including phenoxy) is 1. The molecule has 2 N–H and O–H groups in total. The van der Waals surface area contributed by atoms with Gasteiger partial charge in [-0.15, -0.1) is 0 Å². The van der Waals surface area contributed by atoms with Crippen molar-refractivity contribution in [1.29, 1.82) is 0 Å². The Morgan fingerprint density at radius 2 is 2.22 bits per heavy atom. The molecule has 0 saturated carbocycles.